The highest BCUT2D eigenvalue weighted by molar-refractivity contribution is 5.89. The lowest BCUT2D eigenvalue weighted by molar-refractivity contribution is 0.109. The Hall–Kier alpha value is -1.59. The Bertz CT molecular complexity index is 389. The van der Waals surface area contributed by atoms with E-state index in [9.17, 15) is 4.79 Å². The summed E-state index contributed by atoms with van der Waals surface area (Å²) in [6.45, 7) is 5.03. The summed E-state index contributed by atoms with van der Waals surface area (Å²) in [4.78, 5) is 16.2. The molecular formula is C14H21N3O2. The van der Waals surface area contributed by atoms with Crippen molar-refractivity contribution in [3.8, 4) is 0 Å². The molecule has 0 bridgehead atoms. The van der Waals surface area contributed by atoms with Gasteiger partial charge in [0.15, 0.2) is 0 Å². The van der Waals surface area contributed by atoms with Crippen molar-refractivity contribution in [3.63, 3.8) is 0 Å². The molecule has 1 aromatic carbocycles. The van der Waals surface area contributed by atoms with Gasteiger partial charge < -0.3 is 15.0 Å². The van der Waals surface area contributed by atoms with E-state index in [0.29, 0.717) is 0 Å². The minimum atomic E-state index is -0.0161. The van der Waals surface area contributed by atoms with Crippen LogP contribution in [0.25, 0.3) is 0 Å². The van der Waals surface area contributed by atoms with E-state index in [1.165, 1.54) is 0 Å². The molecule has 1 aliphatic heterocycles. The molecule has 0 unspecified atom stereocenters. The van der Waals surface area contributed by atoms with Crippen molar-refractivity contribution in [2.75, 3.05) is 51.8 Å². The van der Waals surface area contributed by atoms with E-state index in [2.05, 4.69) is 10.2 Å². The lowest BCUT2D eigenvalue weighted by Gasteiger charge is -2.34. The summed E-state index contributed by atoms with van der Waals surface area (Å²) in [5.41, 5.74) is 0.842. The summed E-state index contributed by atoms with van der Waals surface area (Å²) in [5, 5.41) is 2.91. The van der Waals surface area contributed by atoms with E-state index >= 15 is 0 Å². The van der Waals surface area contributed by atoms with Crippen LogP contribution >= 0.6 is 0 Å². The number of para-hydroxylation sites is 1. The van der Waals surface area contributed by atoms with Crippen LogP contribution in [0.15, 0.2) is 30.3 Å². The van der Waals surface area contributed by atoms with Gasteiger partial charge in [0.2, 0.25) is 0 Å². The number of nitrogens with zero attached hydrogens (tertiary/aromatic N) is 2. The molecule has 2 amide bonds. The van der Waals surface area contributed by atoms with Crippen molar-refractivity contribution in [1.82, 2.24) is 9.80 Å². The van der Waals surface area contributed by atoms with Crippen molar-refractivity contribution in [3.05, 3.63) is 30.3 Å². The number of carbonyl (C=O) groups excluding carboxylic acids is 1. The largest absolute Gasteiger partial charge is 0.383 e. The molecular weight excluding hydrogens is 242 g/mol. The van der Waals surface area contributed by atoms with Crippen LogP contribution < -0.4 is 5.32 Å². The van der Waals surface area contributed by atoms with Gasteiger partial charge in [-0.25, -0.2) is 4.79 Å². The molecule has 0 spiro atoms. The monoisotopic (exact) mass is 263 g/mol. The maximum atomic E-state index is 12.1. The van der Waals surface area contributed by atoms with Crippen LogP contribution in [0.3, 0.4) is 0 Å². The maximum Gasteiger partial charge on any atom is 0.321 e. The van der Waals surface area contributed by atoms with Gasteiger partial charge in [0.1, 0.15) is 0 Å². The highest BCUT2D eigenvalue weighted by Gasteiger charge is 2.20. The van der Waals surface area contributed by atoms with Gasteiger partial charge in [-0.1, -0.05) is 18.2 Å². The van der Waals surface area contributed by atoms with Crippen LogP contribution in [0.4, 0.5) is 10.5 Å². The summed E-state index contributed by atoms with van der Waals surface area (Å²) in [6, 6.07) is 9.54. The fourth-order valence-electron chi connectivity index (χ4n) is 2.12. The summed E-state index contributed by atoms with van der Waals surface area (Å²) < 4.78 is 5.06. The van der Waals surface area contributed by atoms with Gasteiger partial charge in [-0.15, -0.1) is 0 Å². The highest BCUT2D eigenvalue weighted by Crippen LogP contribution is 2.08. The number of methoxy groups -OCH3 is 1. The molecule has 1 heterocycles. The summed E-state index contributed by atoms with van der Waals surface area (Å²) in [6.07, 6.45) is 0. The van der Waals surface area contributed by atoms with Crippen LogP contribution in [-0.2, 0) is 4.74 Å². The molecule has 1 fully saturated rings. The summed E-state index contributed by atoms with van der Waals surface area (Å²) in [5.74, 6) is 0. The lowest BCUT2D eigenvalue weighted by atomic mass is 10.3. The van der Waals surface area contributed by atoms with Crippen LogP contribution in [0, 0.1) is 0 Å². The maximum absolute atomic E-state index is 12.1. The Balaban J connectivity index is 1.76. The first-order chi connectivity index (χ1) is 9.29. The van der Waals surface area contributed by atoms with Gasteiger partial charge >= 0.3 is 6.03 Å². The van der Waals surface area contributed by atoms with Crippen molar-refractivity contribution in [1.29, 1.82) is 0 Å². The van der Waals surface area contributed by atoms with Gasteiger partial charge in [0.25, 0.3) is 0 Å². The van der Waals surface area contributed by atoms with E-state index in [1.54, 1.807) is 7.11 Å². The molecule has 1 N–H and O–H groups in total. The second-order valence-electron chi connectivity index (χ2n) is 4.62. The third-order valence-corrected chi connectivity index (χ3v) is 3.30. The standard InChI is InChI=1S/C14H21N3O2/c1-19-12-11-16-7-9-17(10-8-16)14(18)15-13-5-3-2-4-6-13/h2-6H,7-12H2,1H3,(H,15,18). The molecule has 5 heteroatoms. The molecule has 0 aromatic heterocycles. The first-order valence-electron chi connectivity index (χ1n) is 6.62. The van der Waals surface area contributed by atoms with Crippen LogP contribution in [-0.4, -0.2) is 62.3 Å². The van der Waals surface area contributed by atoms with Crippen LogP contribution in [0.2, 0.25) is 0 Å². The van der Waals surface area contributed by atoms with Crippen molar-refractivity contribution >= 4 is 11.7 Å². The Kier molecular flexibility index (Phi) is 5.18. The molecule has 104 valence electrons. The van der Waals surface area contributed by atoms with Crippen molar-refractivity contribution in [2.24, 2.45) is 0 Å². The topological polar surface area (TPSA) is 44.8 Å². The van der Waals surface area contributed by atoms with Crippen molar-refractivity contribution < 1.29 is 9.53 Å². The predicted octanol–water partition coefficient (Wildman–Crippen LogP) is 1.48. The van der Waals surface area contributed by atoms with Crippen LogP contribution in [0.1, 0.15) is 0 Å². The number of benzene rings is 1. The van der Waals surface area contributed by atoms with E-state index < -0.39 is 0 Å². The van der Waals surface area contributed by atoms with E-state index in [-0.39, 0.29) is 6.03 Å². The molecule has 0 saturated carbocycles. The first kappa shape index (κ1) is 13.8. The Morgan fingerprint density at radius 2 is 1.89 bits per heavy atom. The minimum Gasteiger partial charge on any atom is -0.383 e. The quantitative estimate of drug-likeness (QED) is 0.895. The predicted molar refractivity (Wildman–Crippen MR) is 75.3 cm³/mol. The Morgan fingerprint density at radius 3 is 2.53 bits per heavy atom. The molecule has 1 aliphatic rings. The molecule has 1 aromatic rings. The average molecular weight is 263 g/mol. The van der Waals surface area contributed by atoms with E-state index in [4.69, 9.17) is 4.74 Å². The van der Waals surface area contributed by atoms with E-state index in [1.807, 2.05) is 35.2 Å². The fourth-order valence-corrected chi connectivity index (χ4v) is 2.12. The smallest absolute Gasteiger partial charge is 0.321 e. The Labute approximate surface area is 114 Å². The second-order valence-corrected chi connectivity index (χ2v) is 4.62. The number of hydrogen-bond donors (Lipinski definition) is 1. The highest BCUT2D eigenvalue weighted by atomic mass is 16.5. The SMILES string of the molecule is COCCN1CCN(C(=O)Nc2ccccc2)CC1. The number of anilines is 1. The van der Waals surface area contributed by atoms with Gasteiger partial charge in [0, 0.05) is 45.5 Å². The molecule has 1 saturated heterocycles. The number of rotatable bonds is 4. The fraction of sp³-hybridized carbons (Fsp3) is 0.500. The minimum absolute atomic E-state index is 0.0161. The normalized spacial score (nSPS) is 16.4. The summed E-state index contributed by atoms with van der Waals surface area (Å²) in [7, 11) is 1.71. The van der Waals surface area contributed by atoms with Gasteiger partial charge in [-0.3, -0.25) is 4.90 Å². The molecule has 5 nitrogen and oxygen atoms in total. The third-order valence-electron chi connectivity index (χ3n) is 3.30. The molecule has 0 atom stereocenters. The zero-order valence-electron chi connectivity index (χ0n) is 11.3. The van der Waals surface area contributed by atoms with E-state index in [0.717, 1.165) is 45.0 Å². The summed E-state index contributed by atoms with van der Waals surface area (Å²) >= 11 is 0. The Morgan fingerprint density at radius 1 is 1.21 bits per heavy atom. The van der Waals surface area contributed by atoms with Crippen LogP contribution in [0.5, 0.6) is 0 Å². The van der Waals surface area contributed by atoms with Gasteiger partial charge in [-0.2, -0.15) is 0 Å². The number of piperazine rings is 1. The zero-order chi connectivity index (χ0) is 13.5. The first-order valence-corrected chi connectivity index (χ1v) is 6.62. The zero-order valence-corrected chi connectivity index (χ0v) is 11.3. The molecule has 0 aliphatic carbocycles. The molecule has 2 rings (SSSR count). The lowest BCUT2D eigenvalue weighted by Crippen LogP contribution is -2.50. The number of hydrogen-bond acceptors (Lipinski definition) is 3. The number of ether oxygens (including phenoxy) is 1. The third kappa shape index (κ3) is 4.22. The second kappa shape index (κ2) is 7.11. The molecule has 19 heavy (non-hydrogen) atoms. The van der Waals surface area contributed by atoms with Crippen molar-refractivity contribution in [2.45, 2.75) is 0 Å². The molecule has 0 radical (unpaired) electrons. The average Bonchev–Trinajstić information content (AvgIpc) is 2.46. The van der Waals surface area contributed by atoms with Gasteiger partial charge in [-0.05, 0) is 12.1 Å². The van der Waals surface area contributed by atoms with Gasteiger partial charge in [0.05, 0.1) is 6.61 Å². The number of nitrogens with one attached hydrogen (secondary N) is 1. The number of amides is 2. The number of carbonyl (C=O) groups is 1. The number of urea groups is 1.